The lowest BCUT2D eigenvalue weighted by atomic mass is 10.0. The molecule has 1 unspecified atom stereocenters. The monoisotopic (exact) mass is 366 g/mol. The number of amides is 1. The van der Waals surface area contributed by atoms with Crippen LogP contribution in [0.4, 0.5) is 5.69 Å². The summed E-state index contributed by atoms with van der Waals surface area (Å²) in [6.07, 6.45) is 2.79. The molecular formula is C23H30N2O2. The number of aryl methyl sites for hydroxylation is 3. The van der Waals surface area contributed by atoms with E-state index in [1.807, 2.05) is 25.1 Å². The molecule has 1 heterocycles. The van der Waals surface area contributed by atoms with E-state index >= 15 is 0 Å². The Hall–Kier alpha value is -2.49. The van der Waals surface area contributed by atoms with Crippen molar-refractivity contribution >= 4 is 11.6 Å². The zero-order valence-electron chi connectivity index (χ0n) is 16.6. The average molecular weight is 367 g/mol. The van der Waals surface area contributed by atoms with Crippen molar-refractivity contribution in [2.75, 3.05) is 24.5 Å². The fourth-order valence-corrected chi connectivity index (χ4v) is 3.51. The maximum absolute atomic E-state index is 12.3. The number of nitrogens with zero attached hydrogens (tertiary/aromatic N) is 1. The van der Waals surface area contributed by atoms with E-state index in [-0.39, 0.29) is 5.91 Å². The topological polar surface area (TPSA) is 41.6 Å². The van der Waals surface area contributed by atoms with Gasteiger partial charge in [-0.1, -0.05) is 24.3 Å². The van der Waals surface area contributed by atoms with Crippen molar-refractivity contribution in [1.82, 2.24) is 5.32 Å². The molecule has 0 bridgehead atoms. The molecule has 2 aromatic rings. The van der Waals surface area contributed by atoms with E-state index in [0.717, 1.165) is 31.7 Å². The smallest absolute Gasteiger partial charge is 0.260 e. The molecule has 27 heavy (non-hydrogen) atoms. The molecule has 144 valence electrons. The molecule has 1 aliphatic heterocycles. The van der Waals surface area contributed by atoms with Crippen LogP contribution in [0.25, 0.3) is 0 Å². The summed E-state index contributed by atoms with van der Waals surface area (Å²) in [6.45, 7) is 8.63. The molecule has 1 aliphatic rings. The summed E-state index contributed by atoms with van der Waals surface area (Å²) in [7, 11) is 0. The van der Waals surface area contributed by atoms with E-state index in [0.29, 0.717) is 6.54 Å². The number of carbonyl (C=O) groups excluding carboxylic acids is 1. The quantitative estimate of drug-likeness (QED) is 0.752. The number of benzene rings is 2. The Labute approximate surface area is 162 Å². The minimum Gasteiger partial charge on any atom is -0.481 e. The second-order valence-corrected chi connectivity index (χ2v) is 7.37. The first-order valence-electron chi connectivity index (χ1n) is 9.89. The second kappa shape index (κ2) is 8.94. The average Bonchev–Trinajstić information content (AvgIpc) is 2.68. The molecule has 3 rings (SSSR count). The summed E-state index contributed by atoms with van der Waals surface area (Å²) in [4.78, 5) is 14.7. The number of anilines is 1. The highest BCUT2D eigenvalue weighted by atomic mass is 16.5. The van der Waals surface area contributed by atoms with Gasteiger partial charge in [0.05, 0.1) is 0 Å². The van der Waals surface area contributed by atoms with Crippen LogP contribution in [0.2, 0.25) is 0 Å². The van der Waals surface area contributed by atoms with Gasteiger partial charge in [0.25, 0.3) is 5.91 Å². The van der Waals surface area contributed by atoms with Gasteiger partial charge in [0.15, 0.2) is 6.10 Å². The number of rotatable bonds is 7. The molecule has 0 aliphatic carbocycles. The van der Waals surface area contributed by atoms with Crippen molar-refractivity contribution < 1.29 is 9.53 Å². The number of para-hydroxylation sites is 1. The number of fused-ring (bicyclic) bond motifs is 1. The van der Waals surface area contributed by atoms with Gasteiger partial charge in [-0.25, -0.2) is 0 Å². The third-order valence-electron chi connectivity index (χ3n) is 5.27. The Morgan fingerprint density at radius 3 is 2.81 bits per heavy atom. The van der Waals surface area contributed by atoms with E-state index in [1.165, 1.54) is 28.8 Å². The van der Waals surface area contributed by atoms with Gasteiger partial charge in [0, 0.05) is 25.3 Å². The molecule has 0 fully saturated rings. The van der Waals surface area contributed by atoms with E-state index in [9.17, 15) is 4.79 Å². The largest absolute Gasteiger partial charge is 0.481 e. The Kier molecular flexibility index (Phi) is 6.38. The summed E-state index contributed by atoms with van der Waals surface area (Å²) in [5, 5.41) is 3.00. The third-order valence-corrected chi connectivity index (χ3v) is 5.27. The Morgan fingerprint density at radius 2 is 2.00 bits per heavy atom. The van der Waals surface area contributed by atoms with Crippen LogP contribution in [-0.4, -0.2) is 31.6 Å². The number of carbonyl (C=O) groups is 1. The van der Waals surface area contributed by atoms with Crippen LogP contribution in [0.15, 0.2) is 42.5 Å². The molecule has 4 heteroatoms. The molecule has 1 atom stereocenters. The van der Waals surface area contributed by atoms with E-state index in [1.54, 1.807) is 6.92 Å². The van der Waals surface area contributed by atoms with E-state index in [2.05, 4.69) is 41.4 Å². The molecule has 0 aromatic heterocycles. The maximum atomic E-state index is 12.3. The molecule has 0 spiro atoms. The van der Waals surface area contributed by atoms with Crippen molar-refractivity contribution in [1.29, 1.82) is 0 Å². The molecular weight excluding hydrogens is 336 g/mol. The Bertz CT molecular complexity index is 788. The van der Waals surface area contributed by atoms with Crippen LogP contribution in [0, 0.1) is 13.8 Å². The van der Waals surface area contributed by atoms with Crippen LogP contribution in [0.3, 0.4) is 0 Å². The fourth-order valence-electron chi connectivity index (χ4n) is 3.51. The van der Waals surface area contributed by atoms with Crippen molar-refractivity contribution in [3.05, 3.63) is 59.2 Å². The zero-order valence-corrected chi connectivity index (χ0v) is 16.6. The van der Waals surface area contributed by atoms with Gasteiger partial charge in [-0.3, -0.25) is 4.79 Å². The summed E-state index contributed by atoms with van der Waals surface area (Å²) < 4.78 is 5.78. The normalized spacial score (nSPS) is 14.4. The van der Waals surface area contributed by atoms with Gasteiger partial charge >= 0.3 is 0 Å². The van der Waals surface area contributed by atoms with Gasteiger partial charge < -0.3 is 15.0 Å². The standard InChI is InChI=1S/C23H30N2O2/c1-17-11-12-21(16-18(17)2)27-19(3)23(26)24-13-7-15-25-14-6-9-20-8-4-5-10-22(20)25/h4-5,8,10-12,16,19H,6-7,9,13-15H2,1-3H3,(H,24,26). The molecule has 1 amide bonds. The summed E-state index contributed by atoms with van der Waals surface area (Å²) in [5.41, 5.74) is 5.17. The van der Waals surface area contributed by atoms with Gasteiger partial charge in [0.2, 0.25) is 0 Å². The van der Waals surface area contributed by atoms with Gasteiger partial charge in [-0.05, 0) is 74.9 Å². The first-order valence-corrected chi connectivity index (χ1v) is 9.89. The van der Waals surface area contributed by atoms with E-state index in [4.69, 9.17) is 4.74 Å². The molecule has 0 saturated heterocycles. The Morgan fingerprint density at radius 1 is 1.19 bits per heavy atom. The molecule has 4 nitrogen and oxygen atoms in total. The van der Waals surface area contributed by atoms with Crippen LogP contribution < -0.4 is 15.0 Å². The fraction of sp³-hybridized carbons (Fsp3) is 0.435. The lowest BCUT2D eigenvalue weighted by Crippen LogP contribution is -2.38. The number of hydrogen-bond acceptors (Lipinski definition) is 3. The van der Waals surface area contributed by atoms with Crippen molar-refractivity contribution in [3.63, 3.8) is 0 Å². The Balaban J connectivity index is 1.42. The SMILES string of the molecule is Cc1ccc(OC(C)C(=O)NCCCN2CCCc3ccccc32)cc1C. The minimum absolute atomic E-state index is 0.0627. The third kappa shape index (κ3) is 5.03. The minimum atomic E-state index is -0.497. The number of ether oxygens (including phenoxy) is 1. The number of hydrogen-bond donors (Lipinski definition) is 1. The van der Waals surface area contributed by atoms with Crippen LogP contribution in [0.5, 0.6) is 5.75 Å². The zero-order chi connectivity index (χ0) is 19.2. The molecule has 2 aromatic carbocycles. The van der Waals surface area contributed by atoms with Crippen molar-refractivity contribution in [2.24, 2.45) is 0 Å². The predicted octanol–water partition coefficient (Wildman–Crippen LogP) is 4.03. The lowest BCUT2D eigenvalue weighted by molar-refractivity contribution is -0.127. The van der Waals surface area contributed by atoms with Crippen molar-refractivity contribution in [3.8, 4) is 5.75 Å². The maximum Gasteiger partial charge on any atom is 0.260 e. The van der Waals surface area contributed by atoms with Crippen LogP contribution >= 0.6 is 0 Å². The second-order valence-electron chi connectivity index (χ2n) is 7.37. The predicted molar refractivity (Wildman–Crippen MR) is 111 cm³/mol. The highest BCUT2D eigenvalue weighted by Gasteiger charge is 2.17. The van der Waals surface area contributed by atoms with E-state index < -0.39 is 6.10 Å². The highest BCUT2D eigenvalue weighted by Crippen LogP contribution is 2.26. The van der Waals surface area contributed by atoms with Crippen LogP contribution in [0.1, 0.15) is 36.5 Å². The molecule has 0 radical (unpaired) electrons. The summed E-state index contributed by atoms with van der Waals surface area (Å²) in [6, 6.07) is 14.5. The summed E-state index contributed by atoms with van der Waals surface area (Å²) in [5.74, 6) is 0.679. The van der Waals surface area contributed by atoms with Crippen molar-refractivity contribution in [2.45, 2.75) is 46.1 Å². The highest BCUT2D eigenvalue weighted by molar-refractivity contribution is 5.80. The lowest BCUT2D eigenvalue weighted by Gasteiger charge is -2.31. The van der Waals surface area contributed by atoms with Gasteiger partial charge in [-0.15, -0.1) is 0 Å². The van der Waals surface area contributed by atoms with Gasteiger partial charge in [0.1, 0.15) is 5.75 Å². The van der Waals surface area contributed by atoms with Crippen LogP contribution in [-0.2, 0) is 11.2 Å². The summed E-state index contributed by atoms with van der Waals surface area (Å²) >= 11 is 0. The molecule has 0 saturated carbocycles. The number of nitrogens with one attached hydrogen (secondary N) is 1. The first kappa shape index (κ1) is 19.3. The van der Waals surface area contributed by atoms with Gasteiger partial charge in [-0.2, -0.15) is 0 Å². The molecule has 1 N–H and O–H groups in total. The first-order chi connectivity index (χ1) is 13.0.